The molecule has 3 aromatic heterocycles. The number of pyridine rings is 1. The molecule has 7 rings (SSSR count). The number of hydrogen-bond donors (Lipinski definition) is 2. The highest BCUT2D eigenvalue weighted by molar-refractivity contribution is 5.83. The van der Waals surface area contributed by atoms with Crippen molar-refractivity contribution in [1.29, 1.82) is 0 Å². The van der Waals surface area contributed by atoms with Gasteiger partial charge in [0, 0.05) is 36.5 Å². The quantitative estimate of drug-likeness (QED) is 0.275. The smallest absolute Gasteiger partial charge is 0.265 e. The van der Waals surface area contributed by atoms with E-state index in [-0.39, 0.29) is 17.2 Å². The SMILES string of the molecule is CN1CCC(Cn2cc(Cc3nc(N)nc(-c4cccc(-n5ccc6cc(C7CC7)cc(F)c6c5=O)c4CO)n3)cn2)CC1. The monoisotopic (exact) mass is 594 g/mol. The van der Waals surface area contributed by atoms with Crippen molar-refractivity contribution < 1.29 is 9.50 Å². The van der Waals surface area contributed by atoms with Crippen LogP contribution >= 0.6 is 0 Å². The van der Waals surface area contributed by atoms with Gasteiger partial charge in [-0.25, -0.2) is 9.37 Å². The van der Waals surface area contributed by atoms with E-state index in [9.17, 15) is 9.90 Å². The van der Waals surface area contributed by atoms with E-state index in [2.05, 4.69) is 27.0 Å². The summed E-state index contributed by atoms with van der Waals surface area (Å²) in [6.07, 6.45) is 10.3. The molecule has 0 bridgehead atoms. The van der Waals surface area contributed by atoms with Gasteiger partial charge in [0.15, 0.2) is 5.82 Å². The maximum Gasteiger partial charge on any atom is 0.265 e. The molecule has 10 nitrogen and oxygen atoms in total. The molecule has 1 saturated heterocycles. The topological polar surface area (TPSA) is 128 Å². The summed E-state index contributed by atoms with van der Waals surface area (Å²) in [6.45, 7) is 2.70. The Hall–Kier alpha value is -4.48. The third kappa shape index (κ3) is 5.60. The van der Waals surface area contributed by atoms with Gasteiger partial charge in [-0.3, -0.25) is 14.0 Å². The number of nitrogens with zero attached hydrogens (tertiary/aromatic N) is 7. The average Bonchev–Trinajstić information content (AvgIpc) is 3.78. The largest absolute Gasteiger partial charge is 0.392 e. The standard InChI is InChI=1S/C33H35FN8O2/c1-40-10-7-20(8-11-40)17-41-18-21(16-36-41)13-29-37-31(39-33(35)38-29)25-3-2-4-28(26(25)19-43)42-12-9-23-14-24(22-5-6-22)15-27(34)30(23)32(42)44/h2-4,9,12,14-16,18,20,22,43H,5-8,10-11,13,17,19H2,1H3,(H2,35,37,38,39). The molecule has 0 spiro atoms. The zero-order chi connectivity index (χ0) is 30.4. The number of nitrogen functional groups attached to an aromatic ring is 1. The van der Waals surface area contributed by atoms with Gasteiger partial charge in [0.05, 0.1) is 23.9 Å². The number of aliphatic hydroxyl groups excluding tert-OH is 1. The van der Waals surface area contributed by atoms with Crippen molar-refractivity contribution in [2.24, 2.45) is 5.92 Å². The second-order valence-corrected chi connectivity index (χ2v) is 12.1. The van der Waals surface area contributed by atoms with E-state index >= 15 is 4.39 Å². The zero-order valence-electron chi connectivity index (χ0n) is 24.7. The summed E-state index contributed by atoms with van der Waals surface area (Å²) in [5.74, 6) is 1.24. The molecule has 44 heavy (non-hydrogen) atoms. The van der Waals surface area contributed by atoms with E-state index in [1.165, 1.54) is 10.6 Å². The molecular weight excluding hydrogens is 559 g/mol. The molecule has 11 heteroatoms. The van der Waals surface area contributed by atoms with Crippen molar-refractivity contribution in [1.82, 2.24) is 34.2 Å². The van der Waals surface area contributed by atoms with Crippen LogP contribution in [0.5, 0.6) is 0 Å². The van der Waals surface area contributed by atoms with Gasteiger partial charge >= 0.3 is 0 Å². The highest BCUT2D eigenvalue weighted by atomic mass is 19.1. The van der Waals surface area contributed by atoms with Crippen LogP contribution in [-0.4, -0.2) is 59.4 Å². The molecule has 0 atom stereocenters. The third-order valence-corrected chi connectivity index (χ3v) is 8.87. The van der Waals surface area contributed by atoms with Crippen LogP contribution in [0.15, 0.2) is 59.8 Å². The van der Waals surface area contributed by atoms with Crippen LogP contribution < -0.4 is 11.3 Å². The molecule has 0 unspecified atom stereocenters. The van der Waals surface area contributed by atoms with E-state index < -0.39 is 18.0 Å². The Bertz CT molecular complexity index is 1910. The Balaban J connectivity index is 1.19. The summed E-state index contributed by atoms with van der Waals surface area (Å²) in [4.78, 5) is 29.4. The average molecular weight is 595 g/mol. The first-order valence-electron chi connectivity index (χ1n) is 15.1. The van der Waals surface area contributed by atoms with Crippen LogP contribution in [0.1, 0.15) is 54.1 Å². The lowest BCUT2D eigenvalue weighted by Crippen LogP contribution is -2.31. The van der Waals surface area contributed by atoms with E-state index in [1.807, 2.05) is 23.1 Å². The summed E-state index contributed by atoms with van der Waals surface area (Å²) in [5.41, 5.74) is 8.86. The van der Waals surface area contributed by atoms with Gasteiger partial charge in [0.25, 0.3) is 5.56 Å². The number of hydrogen-bond acceptors (Lipinski definition) is 8. The highest BCUT2D eigenvalue weighted by Gasteiger charge is 2.25. The van der Waals surface area contributed by atoms with Crippen LogP contribution in [0.3, 0.4) is 0 Å². The molecular formula is C33H35FN8O2. The van der Waals surface area contributed by atoms with Gasteiger partial charge in [0.2, 0.25) is 5.95 Å². The van der Waals surface area contributed by atoms with Crippen molar-refractivity contribution in [3.8, 4) is 17.1 Å². The lowest BCUT2D eigenvalue weighted by Gasteiger charge is -2.28. The van der Waals surface area contributed by atoms with E-state index in [4.69, 9.17) is 10.7 Å². The molecule has 2 aliphatic rings. The second kappa shape index (κ2) is 11.5. The van der Waals surface area contributed by atoms with Crippen molar-refractivity contribution in [2.75, 3.05) is 25.9 Å². The number of fused-ring (bicyclic) bond motifs is 1. The molecule has 2 aromatic carbocycles. The van der Waals surface area contributed by atoms with Crippen molar-refractivity contribution >= 4 is 16.7 Å². The normalized spacial score (nSPS) is 16.2. The minimum Gasteiger partial charge on any atom is -0.392 e. The second-order valence-electron chi connectivity index (χ2n) is 12.1. The van der Waals surface area contributed by atoms with Gasteiger partial charge in [-0.2, -0.15) is 15.1 Å². The number of likely N-dealkylation sites (tertiary alicyclic amines) is 1. The lowest BCUT2D eigenvalue weighted by molar-refractivity contribution is 0.201. The minimum absolute atomic E-state index is 0.0225. The lowest BCUT2D eigenvalue weighted by atomic mass is 9.97. The first kappa shape index (κ1) is 28.3. The fourth-order valence-electron chi connectivity index (χ4n) is 6.29. The minimum atomic E-state index is -0.532. The van der Waals surface area contributed by atoms with Gasteiger partial charge in [-0.05, 0) is 92.4 Å². The number of anilines is 1. The molecule has 4 heterocycles. The Morgan fingerprint density at radius 3 is 2.66 bits per heavy atom. The first-order valence-corrected chi connectivity index (χ1v) is 15.1. The summed E-state index contributed by atoms with van der Waals surface area (Å²) in [5, 5.41) is 15.7. The summed E-state index contributed by atoms with van der Waals surface area (Å²) >= 11 is 0. The van der Waals surface area contributed by atoms with Gasteiger partial charge in [-0.1, -0.05) is 18.2 Å². The number of benzene rings is 2. The van der Waals surface area contributed by atoms with E-state index in [0.717, 1.165) is 56.4 Å². The van der Waals surface area contributed by atoms with Crippen LogP contribution in [-0.2, 0) is 19.6 Å². The zero-order valence-corrected chi connectivity index (χ0v) is 24.7. The van der Waals surface area contributed by atoms with Crippen LogP contribution in [0.2, 0.25) is 0 Å². The molecule has 1 aliphatic heterocycles. The fourth-order valence-corrected chi connectivity index (χ4v) is 6.29. The number of aliphatic hydroxyl groups is 1. The number of piperidine rings is 1. The van der Waals surface area contributed by atoms with Crippen molar-refractivity contribution in [2.45, 2.75) is 51.2 Å². The van der Waals surface area contributed by atoms with Crippen molar-refractivity contribution in [3.05, 3.63) is 93.7 Å². The number of rotatable bonds is 8. The maximum atomic E-state index is 15.2. The van der Waals surface area contributed by atoms with Crippen LogP contribution in [0.25, 0.3) is 27.8 Å². The van der Waals surface area contributed by atoms with Crippen LogP contribution in [0, 0.1) is 11.7 Å². The molecule has 1 saturated carbocycles. The maximum absolute atomic E-state index is 15.2. The molecule has 0 amide bonds. The number of halogens is 1. The summed E-state index contributed by atoms with van der Waals surface area (Å²) < 4.78 is 18.6. The Morgan fingerprint density at radius 2 is 1.89 bits per heavy atom. The number of aromatic nitrogens is 6. The predicted molar refractivity (Wildman–Crippen MR) is 166 cm³/mol. The summed E-state index contributed by atoms with van der Waals surface area (Å²) in [7, 11) is 2.16. The summed E-state index contributed by atoms with van der Waals surface area (Å²) in [6, 6.07) is 10.3. The van der Waals surface area contributed by atoms with Gasteiger partial charge < -0.3 is 15.7 Å². The molecule has 1 aliphatic carbocycles. The van der Waals surface area contributed by atoms with E-state index in [0.29, 0.717) is 46.3 Å². The van der Waals surface area contributed by atoms with Gasteiger partial charge in [0.1, 0.15) is 11.6 Å². The highest BCUT2D eigenvalue weighted by Crippen LogP contribution is 2.41. The molecule has 3 N–H and O–H groups in total. The molecule has 2 fully saturated rings. The Morgan fingerprint density at radius 1 is 1.07 bits per heavy atom. The van der Waals surface area contributed by atoms with Gasteiger partial charge in [-0.15, -0.1) is 0 Å². The fraction of sp³-hybridized carbons (Fsp3) is 0.364. The Kier molecular flexibility index (Phi) is 7.43. The Labute approximate surface area is 254 Å². The van der Waals surface area contributed by atoms with Crippen molar-refractivity contribution in [3.63, 3.8) is 0 Å². The first-order chi connectivity index (χ1) is 21.4. The predicted octanol–water partition coefficient (Wildman–Crippen LogP) is 4.06. The third-order valence-electron chi connectivity index (χ3n) is 8.87. The van der Waals surface area contributed by atoms with Crippen LogP contribution in [0.4, 0.5) is 10.3 Å². The van der Waals surface area contributed by atoms with E-state index in [1.54, 1.807) is 30.5 Å². The number of nitrogens with two attached hydrogens (primary N) is 1. The molecule has 5 aromatic rings. The molecule has 0 radical (unpaired) electrons. The molecule has 226 valence electrons.